The van der Waals surface area contributed by atoms with Gasteiger partial charge >= 0.3 is 0 Å². The number of likely N-dealkylation sites (tertiary alicyclic amines) is 2. The minimum Gasteiger partial charge on any atom is -0.372 e. The summed E-state index contributed by atoms with van der Waals surface area (Å²) in [4.78, 5) is 21.5. The fourth-order valence-corrected chi connectivity index (χ4v) is 5.71. The molecule has 35 heavy (non-hydrogen) atoms. The number of hydrogen-bond donors (Lipinski definition) is 0. The molecule has 0 unspecified atom stereocenters. The van der Waals surface area contributed by atoms with Gasteiger partial charge in [-0.3, -0.25) is 9.69 Å². The Bertz CT molecular complexity index is 912. The van der Waals surface area contributed by atoms with E-state index in [1.807, 2.05) is 6.92 Å². The second kappa shape index (κ2) is 9.32. The van der Waals surface area contributed by atoms with E-state index in [1.165, 1.54) is 0 Å². The van der Waals surface area contributed by atoms with Gasteiger partial charge in [0.15, 0.2) is 5.82 Å². The third kappa shape index (κ3) is 5.10. The summed E-state index contributed by atoms with van der Waals surface area (Å²) in [5.74, 6) is -3.62. The number of carbonyl (C=O) groups is 1. The summed E-state index contributed by atoms with van der Waals surface area (Å²) in [7, 11) is 0. The molecule has 10 heteroatoms. The number of rotatable bonds is 7. The first-order chi connectivity index (χ1) is 16.6. The van der Waals surface area contributed by atoms with Crippen LogP contribution in [0.4, 0.5) is 13.2 Å². The highest BCUT2D eigenvalue weighted by molar-refractivity contribution is 5.76. The molecule has 0 N–H and O–H groups in total. The maximum absolute atomic E-state index is 15.0. The second-order valence-electron chi connectivity index (χ2n) is 11.6. The van der Waals surface area contributed by atoms with Crippen molar-refractivity contribution in [2.75, 3.05) is 26.2 Å². The standard InChI is InChI=1S/C25H37F3N4O3/c1-15(2)32-13-16(14-32)34-20-5-4-6-25(27,28)18(20)12-21(33)31-9-7-24(3,8-10-31)23-29-22(35-30-23)17-11-19(17)26/h15-20H,4-14H2,1-3H3/t17-,18-,19+,20+/m1/s1. The molecule has 5 rings (SSSR count). The number of aromatic nitrogens is 2. The molecule has 0 spiro atoms. The molecule has 4 fully saturated rings. The molecule has 196 valence electrons. The van der Waals surface area contributed by atoms with E-state index < -0.39 is 24.1 Å². The molecule has 7 nitrogen and oxygen atoms in total. The molecule has 0 aromatic carbocycles. The van der Waals surface area contributed by atoms with Crippen LogP contribution in [0.3, 0.4) is 0 Å². The molecule has 2 saturated carbocycles. The van der Waals surface area contributed by atoms with E-state index in [1.54, 1.807) is 4.90 Å². The number of ether oxygens (including phenoxy) is 1. The zero-order valence-electron chi connectivity index (χ0n) is 20.9. The zero-order chi connectivity index (χ0) is 25.0. The summed E-state index contributed by atoms with van der Waals surface area (Å²) >= 11 is 0. The normalized spacial score (nSPS) is 33.1. The number of halogens is 3. The number of hydrogen-bond acceptors (Lipinski definition) is 6. The minimum atomic E-state index is -2.90. The second-order valence-corrected chi connectivity index (χ2v) is 11.6. The van der Waals surface area contributed by atoms with Gasteiger partial charge in [-0.2, -0.15) is 4.98 Å². The van der Waals surface area contributed by atoms with E-state index in [2.05, 4.69) is 28.9 Å². The number of nitrogens with zero attached hydrogens (tertiary/aromatic N) is 4. The Morgan fingerprint density at radius 3 is 2.54 bits per heavy atom. The number of amides is 1. The van der Waals surface area contributed by atoms with Crippen molar-refractivity contribution in [3.8, 4) is 0 Å². The van der Waals surface area contributed by atoms with E-state index in [-0.39, 0.29) is 36.2 Å². The van der Waals surface area contributed by atoms with Crippen LogP contribution >= 0.6 is 0 Å². The molecular weight excluding hydrogens is 461 g/mol. The van der Waals surface area contributed by atoms with Crippen LogP contribution in [0.15, 0.2) is 4.52 Å². The molecule has 1 aromatic rings. The third-order valence-corrected chi connectivity index (χ3v) is 8.59. The monoisotopic (exact) mass is 498 g/mol. The lowest BCUT2D eigenvalue weighted by molar-refractivity contribution is -0.192. The first-order valence-corrected chi connectivity index (χ1v) is 13.1. The van der Waals surface area contributed by atoms with Gasteiger partial charge < -0.3 is 14.2 Å². The van der Waals surface area contributed by atoms with Crippen molar-refractivity contribution in [3.63, 3.8) is 0 Å². The molecule has 4 atom stereocenters. The smallest absolute Gasteiger partial charge is 0.253 e. The Labute approximate surface area is 204 Å². The van der Waals surface area contributed by atoms with Crippen LogP contribution in [-0.4, -0.2) is 82.4 Å². The topological polar surface area (TPSA) is 71.7 Å². The first-order valence-electron chi connectivity index (χ1n) is 13.1. The Balaban J connectivity index is 1.17. The highest BCUT2D eigenvalue weighted by Crippen LogP contribution is 2.45. The van der Waals surface area contributed by atoms with Gasteiger partial charge in [-0.05, 0) is 46.0 Å². The van der Waals surface area contributed by atoms with Crippen molar-refractivity contribution in [1.82, 2.24) is 19.9 Å². The maximum Gasteiger partial charge on any atom is 0.253 e. The molecule has 1 aromatic heterocycles. The van der Waals surface area contributed by atoms with E-state index in [4.69, 9.17) is 9.26 Å². The summed E-state index contributed by atoms with van der Waals surface area (Å²) in [5, 5.41) is 4.08. The first kappa shape index (κ1) is 25.0. The number of carbonyl (C=O) groups excluding carboxylic acids is 1. The van der Waals surface area contributed by atoms with Crippen molar-refractivity contribution >= 4 is 5.91 Å². The molecule has 2 aliphatic carbocycles. The van der Waals surface area contributed by atoms with Crippen molar-refractivity contribution in [2.45, 2.75) is 107 Å². The van der Waals surface area contributed by atoms with Gasteiger partial charge in [0.2, 0.25) is 11.8 Å². The molecular formula is C25H37F3N4O3. The van der Waals surface area contributed by atoms with E-state index in [0.717, 1.165) is 13.1 Å². The van der Waals surface area contributed by atoms with E-state index in [9.17, 15) is 18.0 Å². The van der Waals surface area contributed by atoms with Gasteiger partial charge in [0.25, 0.3) is 5.92 Å². The van der Waals surface area contributed by atoms with E-state index >= 15 is 0 Å². The predicted molar refractivity (Wildman–Crippen MR) is 122 cm³/mol. The quantitative estimate of drug-likeness (QED) is 0.564. The Hall–Kier alpha value is -1.68. The SMILES string of the molecule is CC(C)N1CC(O[C@H]2CCCC(F)(F)[C@@H]2CC(=O)N2CCC(C)(c3noc([C@@H]4C[C@@H]4F)n3)CC2)C1. The Kier molecular flexibility index (Phi) is 6.66. The highest BCUT2D eigenvalue weighted by atomic mass is 19.3. The molecule has 0 radical (unpaired) electrons. The largest absolute Gasteiger partial charge is 0.372 e. The highest BCUT2D eigenvalue weighted by Gasteiger charge is 2.50. The van der Waals surface area contributed by atoms with Crippen LogP contribution < -0.4 is 0 Å². The summed E-state index contributed by atoms with van der Waals surface area (Å²) in [6.45, 7) is 8.65. The van der Waals surface area contributed by atoms with Crippen LogP contribution in [0, 0.1) is 5.92 Å². The zero-order valence-corrected chi connectivity index (χ0v) is 20.9. The van der Waals surface area contributed by atoms with Crippen molar-refractivity contribution in [2.24, 2.45) is 5.92 Å². The van der Waals surface area contributed by atoms with Crippen LogP contribution in [0.2, 0.25) is 0 Å². The van der Waals surface area contributed by atoms with Gasteiger partial charge in [-0.25, -0.2) is 13.2 Å². The fraction of sp³-hybridized carbons (Fsp3) is 0.880. The summed E-state index contributed by atoms with van der Waals surface area (Å²) in [6.07, 6.45) is 0.725. The van der Waals surface area contributed by atoms with Gasteiger partial charge in [0.05, 0.1) is 24.0 Å². The lowest BCUT2D eigenvalue weighted by Gasteiger charge is -2.46. The maximum atomic E-state index is 15.0. The molecule has 2 saturated heterocycles. The lowest BCUT2D eigenvalue weighted by atomic mass is 9.78. The number of alkyl halides is 3. The average molecular weight is 499 g/mol. The molecule has 0 bridgehead atoms. The van der Waals surface area contributed by atoms with Gasteiger partial charge in [0.1, 0.15) is 6.17 Å². The van der Waals surface area contributed by atoms with E-state index in [0.29, 0.717) is 63.0 Å². The molecule has 4 aliphatic rings. The van der Waals surface area contributed by atoms with Gasteiger partial charge in [0, 0.05) is 50.5 Å². The van der Waals surface area contributed by atoms with Crippen LogP contribution in [0.1, 0.15) is 83.3 Å². The van der Waals surface area contributed by atoms with Crippen LogP contribution in [0.5, 0.6) is 0 Å². The van der Waals surface area contributed by atoms with Crippen molar-refractivity contribution < 1.29 is 27.2 Å². The summed E-state index contributed by atoms with van der Waals surface area (Å²) in [5.41, 5.74) is -0.383. The fourth-order valence-electron chi connectivity index (χ4n) is 5.71. The van der Waals surface area contributed by atoms with Crippen LogP contribution in [-0.2, 0) is 14.9 Å². The van der Waals surface area contributed by atoms with Gasteiger partial charge in [-0.15, -0.1) is 0 Å². The molecule has 3 heterocycles. The van der Waals surface area contributed by atoms with Crippen molar-refractivity contribution in [1.29, 1.82) is 0 Å². The third-order valence-electron chi connectivity index (χ3n) is 8.59. The Morgan fingerprint density at radius 1 is 1.23 bits per heavy atom. The van der Waals surface area contributed by atoms with Crippen molar-refractivity contribution in [3.05, 3.63) is 11.7 Å². The van der Waals surface area contributed by atoms with Gasteiger partial charge in [-0.1, -0.05) is 12.1 Å². The van der Waals surface area contributed by atoms with Crippen LogP contribution in [0.25, 0.3) is 0 Å². The minimum absolute atomic E-state index is 0.0345. The number of piperidine rings is 1. The predicted octanol–water partition coefficient (Wildman–Crippen LogP) is 4.08. The molecule has 1 amide bonds. The average Bonchev–Trinajstić information content (AvgIpc) is 3.28. The Morgan fingerprint density at radius 2 is 1.91 bits per heavy atom. The molecule has 2 aliphatic heterocycles. The summed E-state index contributed by atoms with van der Waals surface area (Å²) in [6, 6.07) is 0.415. The summed E-state index contributed by atoms with van der Waals surface area (Å²) < 4.78 is 54.6. The lowest BCUT2D eigenvalue weighted by Crippen LogP contribution is -2.58.